The van der Waals surface area contributed by atoms with E-state index in [1.165, 1.54) is 0 Å². The van der Waals surface area contributed by atoms with Crippen LogP contribution in [0.4, 0.5) is 0 Å². The Morgan fingerprint density at radius 3 is 2.33 bits per heavy atom. The summed E-state index contributed by atoms with van der Waals surface area (Å²) in [6.07, 6.45) is 1.84. The molecule has 0 bridgehead atoms. The van der Waals surface area contributed by atoms with E-state index in [1.807, 2.05) is 0 Å². The average molecular weight is 215 g/mol. The minimum atomic E-state index is 0.0566. The number of carbonyl (C=O) groups excluding carboxylic acids is 2. The zero-order valence-corrected chi connectivity index (χ0v) is 9.80. The van der Waals surface area contributed by atoms with Crippen molar-refractivity contribution < 1.29 is 9.59 Å². The first-order valence-corrected chi connectivity index (χ1v) is 5.19. The molecule has 5 heteroatoms. The molecule has 0 saturated carbocycles. The largest absolute Gasteiger partial charge is 0.359 e. The molecule has 0 atom stereocenters. The summed E-state index contributed by atoms with van der Waals surface area (Å²) in [5.41, 5.74) is 0. The van der Waals surface area contributed by atoms with Gasteiger partial charge in [0.05, 0.1) is 0 Å². The molecule has 15 heavy (non-hydrogen) atoms. The molecule has 2 amide bonds. The van der Waals surface area contributed by atoms with Crippen LogP contribution < -0.4 is 10.6 Å². The smallest absolute Gasteiger partial charge is 0.223 e. The third-order valence-corrected chi connectivity index (χ3v) is 2.05. The summed E-state index contributed by atoms with van der Waals surface area (Å²) in [6, 6.07) is 0. The van der Waals surface area contributed by atoms with Gasteiger partial charge in [-0.2, -0.15) is 0 Å². The molecule has 0 aromatic carbocycles. The van der Waals surface area contributed by atoms with Gasteiger partial charge in [-0.05, 0) is 13.0 Å². The Hall–Kier alpha value is -1.10. The fraction of sp³-hybridized carbons (Fsp3) is 0.800. The number of amides is 2. The lowest BCUT2D eigenvalue weighted by Crippen LogP contribution is -2.27. The summed E-state index contributed by atoms with van der Waals surface area (Å²) in [7, 11) is 5.12. The molecule has 0 aliphatic carbocycles. The third-order valence-electron chi connectivity index (χ3n) is 2.05. The molecule has 0 aromatic heterocycles. The molecule has 0 fully saturated rings. The molecular formula is C10H21N3O2. The lowest BCUT2D eigenvalue weighted by molar-refractivity contribution is -0.128. The molecule has 2 N–H and O–H groups in total. The number of nitrogens with one attached hydrogen (secondary N) is 2. The first-order chi connectivity index (χ1) is 7.07. The highest BCUT2D eigenvalue weighted by atomic mass is 16.2. The predicted octanol–water partition coefficient (Wildman–Crippen LogP) is -0.419. The summed E-state index contributed by atoms with van der Waals surface area (Å²) < 4.78 is 0. The highest BCUT2D eigenvalue weighted by Crippen LogP contribution is 1.88. The average Bonchev–Trinajstić information content (AvgIpc) is 2.22. The van der Waals surface area contributed by atoms with E-state index in [9.17, 15) is 9.59 Å². The van der Waals surface area contributed by atoms with Crippen LogP contribution in [-0.4, -0.2) is 50.9 Å². The summed E-state index contributed by atoms with van der Waals surface area (Å²) >= 11 is 0. The zero-order valence-electron chi connectivity index (χ0n) is 9.80. The van der Waals surface area contributed by atoms with Gasteiger partial charge in [0.15, 0.2) is 0 Å². The van der Waals surface area contributed by atoms with Crippen LogP contribution in [0.1, 0.15) is 19.3 Å². The van der Waals surface area contributed by atoms with Gasteiger partial charge in [-0.25, -0.2) is 0 Å². The lowest BCUT2D eigenvalue weighted by atomic mass is 10.3. The van der Waals surface area contributed by atoms with Gasteiger partial charge < -0.3 is 15.5 Å². The quantitative estimate of drug-likeness (QED) is 0.567. The predicted molar refractivity (Wildman–Crippen MR) is 59.5 cm³/mol. The van der Waals surface area contributed by atoms with Crippen molar-refractivity contribution in [2.45, 2.75) is 19.3 Å². The van der Waals surface area contributed by atoms with E-state index in [0.29, 0.717) is 19.4 Å². The Bertz CT molecular complexity index is 205. The van der Waals surface area contributed by atoms with Crippen molar-refractivity contribution in [2.24, 2.45) is 0 Å². The maximum atomic E-state index is 11.2. The van der Waals surface area contributed by atoms with Crippen LogP contribution in [0.15, 0.2) is 0 Å². The molecule has 0 aliphatic heterocycles. The van der Waals surface area contributed by atoms with E-state index >= 15 is 0 Å². The molecule has 0 heterocycles. The molecule has 0 spiro atoms. The standard InChI is InChI=1S/C10H21N3O2/c1-11-9(14)5-4-7-12-8-6-10(15)13(2)3/h12H,4-8H2,1-3H3,(H,11,14). The van der Waals surface area contributed by atoms with E-state index in [2.05, 4.69) is 10.6 Å². The van der Waals surface area contributed by atoms with Crippen LogP contribution in [0.5, 0.6) is 0 Å². The Kier molecular flexibility index (Phi) is 7.62. The highest BCUT2D eigenvalue weighted by molar-refractivity contribution is 5.76. The molecule has 88 valence electrons. The second kappa shape index (κ2) is 8.23. The van der Waals surface area contributed by atoms with Crippen LogP contribution in [0, 0.1) is 0 Å². The minimum absolute atomic E-state index is 0.0566. The van der Waals surface area contributed by atoms with Gasteiger partial charge in [-0.3, -0.25) is 9.59 Å². The van der Waals surface area contributed by atoms with E-state index in [1.54, 1.807) is 26.0 Å². The van der Waals surface area contributed by atoms with Gasteiger partial charge in [0.25, 0.3) is 0 Å². The van der Waals surface area contributed by atoms with Crippen molar-refractivity contribution in [3.63, 3.8) is 0 Å². The summed E-state index contributed by atoms with van der Waals surface area (Å²) in [4.78, 5) is 23.6. The zero-order chi connectivity index (χ0) is 11.7. The SMILES string of the molecule is CNC(=O)CCCNCCC(=O)N(C)C. The number of rotatable bonds is 7. The van der Waals surface area contributed by atoms with Gasteiger partial charge in [0, 0.05) is 40.5 Å². The molecule has 0 unspecified atom stereocenters. The number of hydrogen-bond donors (Lipinski definition) is 2. The number of hydrogen-bond acceptors (Lipinski definition) is 3. The number of nitrogens with zero attached hydrogens (tertiary/aromatic N) is 1. The molecule has 0 aliphatic rings. The van der Waals surface area contributed by atoms with Crippen LogP contribution >= 0.6 is 0 Å². The summed E-state index contributed by atoms with van der Waals surface area (Å²) in [5.74, 6) is 0.176. The van der Waals surface area contributed by atoms with Gasteiger partial charge in [-0.1, -0.05) is 0 Å². The molecule has 0 rings (SSSR count). The summed E-state index contributed by atoms with van der Waals surface area (Å²) in [6.45, 7) is 1.44. The monoisotopic (exact) mass is 215 g/mol. The van der Waals surface area contributed by atoms with Gasteiger partial charge >= 0.3 is 0 Å². The van der Waals surface area contributed by atoms with E-state index in [4.69, 9.17) is 0 Å². The van der Waals surface area contributed by atoms with E-state index in [-0.39, 0.29) is 11.8 Å². The van der Waals surface area contributed by atoms with Crippen molar-refractivity contribution in [3.8, 4) is 0 Å². The van der Waals surface area contributed by atoms with Crippen LogP contribution in [0.2, 0.25) is 0 Å². The third kappa shape index (κ3) is 7.93. The van der Waals surface area contributed by atoms with E-state index < -0.39 is 0 Å². The number of carbonyl (C=O) groups is 2. The topological polar surface area (TPSA) is 61.4 Å². The van der Waals surface area contributed by atoms with E-state index in [0.717, 1.165) is 13.0 Å². The Morgan fingerprint density at radius 1 is 1.13 bits per heavy atom. The van der Waals surface area contributed by atoms with Crippen molar-refractivity contribution in [1.82, 2.24) is 15.5 Å². The second-order valence-corrected chi connectivity index (χ2v) is 3.56. The maximum absolute atomic E-state index is 11.2. The fourth-order valence-electron chi connectivity index (χ4n) is 1.04. The van der Waals surface area contributed by atoms with Gasteiger partial charge in [0.1, 0.15) is 0 Å². The van der Waals surface area contributed by atoms with Gasteiger partial charge in [-0.15, -0.1) is 0 Å². The molecule has 5 nitrogen and oxygen atoms in total. The fourth-order valence-corrected chi connectivity index (χ4v) is 1.04. The Morgan fingerprint density at radius 2 is 1.80 bits per heavy atom. The van der Waals surface area contributed by atoms with Crippen molar-refractivity contribution in [3.05, 3.63) is 0 Å². The van der Waals surface area contributed by atoms with Crippen LogP contribution in [-0.2, 0) is 9.59 Å². The first kappa shape index (κ1) is 13.9. The maximum Gasteiger partial charge on any atom is 0.223 e. The summed E-state index contributed by atoms with van der Waals surface area (Å²) in [5, 5.41) is 5.68. The molecular weight excluding hydrogens is 194 g/mol. The first-order valence-electron chi connectivity index (χ1n) is 5.19. The molecule has 0 radical (unpaired) electrons. The second-order valence-electron chi connectivity index (χ2n) is 3.56. The van der Waals surface area contributed by atoms with Crippen molar-refractivity contribution in [2.75, 3.05) is 34.2 Å². The van der Waals surface area contributed by atoms with Crippen LogP contribution in [0.25, 0.3) is 0 Å². The molecule has 0 aromatic rings. The van der Waals surface area contributed by atoms with Crippen LogP contribution in [0.3, 0.4) is 0 Å². The molecule has 0 saturated heterocycles. The lowest BCUT2D eigenvalue weighted by Gasteiger charge is -2.10. The minimum Gasteiger partial charge on any atom is -0.359 e. The van der Waals surface area contributed by atoms with Gasteiger partial charge in [0.2, 0.25) is 11.8 Å². The highest BCUT2D eigenvalue weighted by Gasteiger charge is 2.02. The Labute approximate surface area is 91.2 Å². The normalized spacial score (nSPS) is 9.80. The van der Waals surface area contributed by atoms with Crippen molar-refractivity contribution in [1.29, 1.82) is 0 Å². The van der Waals surface area contributed by atoms with Crippen molar-refractivity contribution >= 4 is 11.8 Å². The Balaban J connectivity index is 3.25.